The summed E-state index contributed by atoms with van der Waals surface area (Å²) in [4.78, 5) is 10.5. The van der Waals surface area contributed by atoms with E-state index < -0.39 is 0 Å². The molecular formula is C13H29NO3. The molecule has 0 spiro atoms. The van der Waals surface area contributed by atoms with Crippen molar-refractivity contribution >= 4 is 5.78 Å². The van der Waals surface area contributed by atoms with Gasteiger partial charge in [0.1, 0.15) is 6.61 Å². The number of nitrogens with two attached hydrogens (primary N) is 1. The smallest absolute Gasteiger partial charge is 0.155 e. The fourth-order valence-electron chi connectivity index (χ4n) is 1.11. The second-order valence-corrected chi connectivity index (χ2v) is 3.57. The van der Waals surface area contributed by atoms with E-state index in [-0.39, 0.29) is 12.4 Å². The third-order valence-corrected chi connectivity index (χ3v) is 1.88. The molecule has 0 aromatic rings. The average molecular weight is 247 g/mol. The molecule has 0 aliphatic rings. The zero-order valence-corrected chi connectivity index (χ0v) is 11.7. The average Bonchev–Trinajstić information content (AvgIpc) is 2.34. The molecule has 0 radical (unpaired) electrons. The lowest BCUT2D eigenvalue weighted by Crippen LogP contribution is -2.07. The van der Waals surface area contributed by atoms with Crippen molar-refractivity contribution in [2.45, 2.75) is 46.5 Å². The van der Waals surface area contributed by atoms with Crippen LogP contribution < -0.4 is 5.73 Å². The maximum absolute atomic E-state index is 10.5. The van der Waals surface area contributed by atoms with E-state index in [2.05, 4.69) is 0 Å². The van der Waals surface area contributed by atoms with E-state index in [1.54, 1.807) is 0 Å². The first-order valence-corrected chi connectivity index (χ1v) is 6.62. The van der Waals surface area contributed by atoms with Crippen molar-refractivity contribution in [2.75, 3.05) is 33.0 Å². The van der Waals surface area contributed by atoms with Crippen LogP contribution in [0, 0.1) is 0 Å². The van der Waals surface area contributed by atoms with Crippen LogP contribution >= 0.6 is 0 Å². The molecule has 4 nitrogen and oxygen atoms in total. The van der Waals surface area contributed by atoms with Crippen molar-refractivity contribution in [1.29, 1.82) is 0 Å². The molecule has 0 aliphatic carbocycles. The number of Topliss-reactive ketones (excluding diaryl/α,β-unsaturated/α-hetero) is 1. The number of hydrogen-bond donors (Lipinski definition) is 1. The molecule has 0 aromatic carbocycles. The lowest BCUT2D eigenvalue weighted by molar-refractivity contribution is -0.121. The molecule has 0 aromatic heterocycles. The molecule has 4 heteroatoms. The molecule has 0 saturated heterocycles. The molecule has 2 N–H and O–H groups in total. The second-order valence-electron chi connectivity index (χ2n) is 3.57. The largest absolute Gasteiger partial charge is 0.381 e. The van der Waals surface area contributed by atoms with Gasteiger partial charge in [-0.2, -0.15) is 0 Å². The predicted octanol–water partition coefficient (Wildman–Crippen LogP) is 2.15. The second kappa shape index (κ2) is 17.9. The van der Waals surface area contributed by atoms with Gasteiger partial charge in [-0.1, -0.05) is 13.8 Å². The number of carbonyl (C=O) groups excluding carboxylic acids is 1. The molecule has 0 aliphatic heterocycles. The molecule has 17 heavy (non-hydrogen) atoms. The Morgan fingerprint density at radius 2 is 1.53 bits per heavy atom. The van der Waals surface area contributed by atoms with Gasteiger partial charge in [-0.15, -0.1) is 0 Å². The van der Waals surface area contributed by atoms with E-state index in [1.807, 2.05) is 13.8 Å². The van der Waals surface area contributed by atoms with E-state index in [1.165, 1.54) is 6.92 Å². The summed E-state index contributed by atoms with van der Waals surface area (Å²) >= 11 is 0. The van der Waals surface area contributed by atoms with E-state index >= 15 is 0 Å². The summed E-state index contributed by atoms with van der Waals surface area (Å²) in [7, 11) is 0. The zero-order valence-electron chi connectivity index (χ0n) is 11.7. The van der Waals surface area contributed by atoms with Crippen molar-refractivity contribution in [3.8, 4) is 0 Å². The molecule has 0 atom stereocenters. The predicted molar refractivity (Wildman–Crippen MR) is 71.2 cm³/mol. The lowest BCUT2D eigenvalue weighted by Gasteiger charge is -2.04. The summed E-state index contributed by atoms with van der Waals surface area (Å²) in [6, 6.07) is 0. The van der Waals surface area contributed by atoms with Crippen molar-refractivity contribution in [2.24, 2.45) is 5.73 Å². The van der Waals surface area contributed by atoms with Crippen LogP contribution in [0.3, 0.4) is 0 Å². The summed E-state index contributed by atoms with van der Waals surface area (Å²) < 4.78 is 10.5. The molecule has 0 fully saturated rings. The van der Waals surface area contributed by atoms with Gasteiger partial charge >= 0.3 is 0 Å². The first kappa shape index (κ1) is 18.9. The molecular weight excluding hydrogens is 218 g/mol. The van der Waals surface area contributed by atoms with Crippen molar-refractivity contribution in [1.82, 2.24) is 0 Å². The summed E-state index contributed by atoms with van der Waals surface area (Å²) in [5.41, 5.74) is 5.36. The minimum Gasteiger partial charge on any atom is -0.381 e. The third-order valence-electron chi connectivity index (χ3n) is 1.88. The van der Waals surface area contributed by atoms with Crippen LogP contribution in [-0.4, -0.2) is 38.8 Å². The SMILES string of the molecule is CC.CC(=O)COCCCOCCCCCN. The van der Waals surface area contributed by atoms with Gasteiger partial charge in [0.25, 0.3) is 0 Å². The standard InChI is InChI=1S/C11H23NO3.C2H6/c1-11(13)10-15-9-5-8-14-7-4-2-3-6-12;1-2/h2-10,12H2,1H3;1-2H3. The lowest BCUT2D eigenvalue weighted by atomic mass is 10.2. The minimum absolute atomic E-state index is 0.0673. The number of ether oxygens (including phenoxy) is 2. The fourth-order valence-corrected chi connectivity index (χ4v) is 1.11. The highest BCUT2D eigenvalue weighted by Crippen LogP contribution is 1.94. The zero-order chi connectivity index (χ0) is 13.4. The van der Waals surface area contributed by atoms with Crippen molar-refractivity contribution in [3.05, 3.63) is 0 Å². The van der Waals surface area contributed by atoms with Crippen molar-refractivity contribution in [3.63, 3.8) is 0 Å². The fraction of sp³-hybridized carbons (Fsp3) is 0.923. The Morgan fingerprint density at radius 3 is 2.12 bits per heavy atom. The van der Waals surface area contributed by atoms with Crippen LogP contribution in [0.2, 0.25) is 0 Å². The van der Waals surface area contributed by atoms with E-state index in [9.17, 15) is 4.79 Å². The number of hydrogen-bond acceptors (Lipinski definition) is 4. The summed E-state index contributed by atoms with van der Waals surface area (Å²) in [6.07, 6.45) is 4.14. The highest BCUT2D eigenvalue weighted by molar-refractivity contribution is 5.76. The van der Waals surface area contributed by atoms with Gasteiger partial charge in [0.05, 0.1) is 0 Å². The molecule has 0 amide bonds. The van der Waals surface area contributed by atoms with Gasteiger partial charge in [0.2, 0.25) is 0 Å². The Labute approximate surface area is 106 Å². The van der Waals surface area contributed by atoms with Gasteiger partial charge < -0.3 is 15.2 Å². The van der Waals surface area contributed by atoms with Crippen LogP contribution in [-0.2, 0) is 14.3 Å². The van der Waals surface area contributed by atoms with Crippen LogP contribution in [0.25, 0.3) is 0 Å². The van der Waals surface area contributed by atoms with Gasteiger partial charge in [-0.05, 0) is 39.2 Å². The Balaban J connectivity index is 0. The molecule has 0 saturated carbocycles. The van der Waals surface area contributed by atoms with Gasteiger partial charge in [0.15, 0.2) is 5.78 Å². The van der Waals surface area contributed by atoms with Gasteiger partial charge in [0, 0.05) is 19.8 Å². The van der Waals surface area contributed by atoms with E-state index in [0.29, 0.717) is 13.2 Å². The molecule has 0 unspecified atom stereocenters. The summed E-state index contributed by atoms with van der Waals surface area (Å²) in [6.45, 7) is 8.61. The van der Waals surface area contributed by atoms with E-state index in [0.717, 1.165) is 38.8 Å². The molecule has 0 bridgehead atoms. The normalized spacial score (nSPS) is 9.65. The summed E-state index contributed by atoms with van der Waals surface area (Å²) in [5, 5.41) is 0. The Kier molecular flexibility index (Phi) is 19.9. The maximum atomic E-state index is 10.5. The first-order valence-electron chi connectivity index (χ1n) is 6.62. The van der Waals surface area contributed by atoms with Crippen LogP contribution in [0.5, 0.6) is 0 Å². The number of carbonyl (C=O) groups is 1. The first-order chi connectivity index (χ1) is 8.27. The van der Waals surface area contributed by atoms with E-state index in [4.69, 9.17) is 15.2 Å². The van der Waals surface area contributed by atoms with Crippen molar-refractivity contribution < 1.29 is 14.3 Å². The van der Waals surface area contributed by atoms with Crippen LogP contribution in [0.15, 0.2) is 0 Å². The maximum Gasteiger partial charge on any atom is 0.155 e. The van der Waals surface area contributed by atoms with Gasteiger partial charge in [-0.3, -0.25) is 4.79 Å². The minimum atomic E-state index is 0.0673. The Hall–Kier alpha value is -0.450. The van der Waals surface area contributed by atoms with Crippen LogP contribution in [0.1, 0.15) is 46.5 Å². The summed E-state index contributed by atoms with van der Waals surface area (Å²) in [5.74, 6) is 0.0673. The number of ketones is 1. The number of rotatable bonds is 11. The van der Waals surface area contributed by atoms with Gasteiger partial charge in [-0.25, -0.2) is 0 Å². The van der Waals surface area contributed by atoms with Crippen LogP contribution in [0.4, 0.5) is 0 Å². The molecule has 0 rings (SSSR count). The quantitative estimate of drug-likeness (QED) is 0.568. The molecule has 104 valence electrons. The topological polar surface area (TPSA) is 61.5 Å². The highest BCUT2D eigenvalue weighted by Gasteiger charge is 1.93. The Morgan fingerprint density at radius 1 is 0.941 bits per heavy atom. The number of unbranched alkanes of at least 4 members (excludes halogenated alkanes) is 2. The third kappa shape index (κ3) is 21.4. The Bertz CT molecular complexity index is 152. The molecule has 0 heterocycles. The highest BCUT2D eigenvalue weighted by atomic mass is 16.5. The monoisotopic (exact) mass is 247 g/mol.